The second kappa shape index (κ2) is 10.4. The predicted molar refractivity (Wildman–Crippen MR) is 194 cm³/mol. The molecule has 6 aromatic carbocycles. The van der Waals surface area contributed by atoms with E-state index in [1.54, 1.807) is 0 Å². The fraction of sp³-hybridized carbons (Fsp3) is 0. The van der Waals surface area contributed by atoms with Crippen molar-refractivity contribution in [3.63, 3.8) is 0 Å². The minimum Gasteiger partial charge on any atom is -0.279 e. The highest BCUT2D eigenvalue weighted by Gasteiger charge is 2.20. The van der Waals surface area contributed by atoms with Crippen LogP contribution in [0.3, 0.4) is 0 Å². The van der Waals surface area contributed by atoms with Gasteiger partial charge < -0.3 is 0 Å². The Morgan fingerprint density at radius 1 is 0.375 bits per heavy atom. The molecule has 4 heterocycles. The van der Waals surface area contributed by atoms with Crippen molar-refractivity contribution >= 4 is 49.4 Å². The fourth-order valence-electron chi connectivity index (χ4n) is 6.89. The minimum atomic E-state index is 0.698. The van der Waals surface area contributed by atoms with E-state index in [-0.39, 0.29) is 0 Å². The van der Waals surface area contributed by atoms with Gasteiger partial charge in [-0.15, -0.1) is 0 Å². The van der Waals surface area contributed by atoms with E-state index in [2.05, 4.69) is 112 Å². The summed E-state index contributed by atoms with van der Waals surface area (Å²) in [6.45, 7) is 0. The Morgan fingerprint density at radius 2 is 0.979 bits per heavy atom. The molecular weight excluding hydrogens is 589 g/mol. The lowest BCUT2D eigenvalue weighted by atomic mass is 10.0. The fourth-order valence-corrected chi connectivity index (χ4v) is 6.89. The molecule has 0 bridgehead atoms. The molecule has 0 spiro atoms. The topological polar surface area (TPSA) is 60.9 Å². The highest BCUT2D eigenvalue weighted by Crippen LogP contribution is 2.37. The van der Waals surface area contributed by atoms with Crippen LogP contribution in [0.25, 0.3) is 89.2 Å². The van der Waals surface area contributed by atoms with E-state index >= 15 is 0 Å². The number of benzene rings is 6. The molecule has 48 heavy (non-hydrogen) atoms. The Hall–Kier alpha value is -6.66. The Kier molecular flexibility index (Phi) is 5.77. The van der Waals surface area contributed by atoms with Crippen molar-refractivity contribution in [2.75, 3.05) is 0 Å². The molecule has 0 saturated carbocycles. The lowest BCUT2D eigenvalue weighted by molar-refractivity contribution is 0.979. The molecule has 0 atom stereocenters. The van der Waals surface area contributed by atoms with Crippen molar-refractivity contribution in [1.29, 1.82) is 0 Å². The third-order valence-corrected chi connectivity index (χ3v) is 9.12. The van der Waals surface area contributed by atoms with Crippen molar-refractivity contribution < 1.29 is 0 Å². The first-order valence-electron chi connectivity index (χ1n) is 16.0. The van der Waals surface area contributed by atoms with Crippen LogP contribution in [0.2, 0.25) is 0 Å². The zero-order chi connectivity index (χ0) is 31.6. The van der Waals surface area contributed by atoms with Gasteiger partial charge in [0.15, 0.2) is 5.82 Å². The van der Waals surface area contributed by atoms with Gasteiger partial charge in [-0.2, -0.15) is 0 Å². The molecule has 0 N–H and O–H groups in total. The number of fused-ring (bicyclic) bond motifs is 8. The molecule has 0 unspecified atom stereocenters. The smallest absolute Gasteiger partial charge is 0.221 e. The summed E-state index contributed by atoms with van der Waals surface area (Å²) < 4.78 is 4.47. The van der Waals surface area contributed by atoms with Crippen LogP contribution in [0, 0.1) is 0 Å². The molecule has 0 fully saturated rings. The number of rotatable bonds is 4. The van der Waals surface area contributed by atoms with E-state index in [0.717, 1.165) is 83.4 Å². The average molecular weight is 615 g/mol. The second-order valence-electron chi connectivity index (χ2n) is 12.0. The van der Waals surface area contributed by atoms with Crippen LogP contribution in [-0.2, 0) is 0 Å². The molecular formula is C42H26N6. The molecule has 6 nitrogen and oxygen atoms in total. The Balaban J connectivity index is 1.25. The summed E-state index contributed by atoms with van der Waals surface area (Å²) in [4.78, 5) is 20.5. The molecule has 4 aromatic heterocycles. The third kappa shape index (κ3) is 4.06. The van der Waals surface area contributed by atoms with Gasteiger partial charge in [0.2, 0.25) is 5.95 Å². The Labute approximate surface area is 275 Å². The van der Waals surface area contributed by atoms with Crippen LogP contribution in [0.15, 0.2) is 158 Å². The summed E-state index contributed by atoms with van der Waals surface area (Å²) >= 11 is 0. The molecule has 0 radical (unpaired) electrons. The largest absolute Gasteiger partial charge is 0.279 e. The van der Waals surface area contributed by atoms with E-state index in [0.29, 0.717) is 5.82 Å². The summed E-state index contributed by atoms with van der Waals surface area (Å²) in [5.41, 5.74) is 10.7. The van der Waals surface area contributed by atoms with Gasteiger partial charge in [0.1, 0.15) is 5.65 Å². The maximum absolute atomic E-state index is 5.30. The van der Waals surface area contributed by atoms with Crippen LogP contribution in [0.4, 0.5) is 0 Å². The number of hydrogen-bond donors (Lipinski definition) is 0. The van der Waals surface area contributed by atoms with Gasteiger partial charge in [-0.1, -0.05) is 109 Å². The first kappa shape index (κ1) is 26.5. The van der Waals surface area contributed by atoms with E-state index in [1.807, 2.05) is 54.6 Å². The maximum Gasteiger partial charge on any atom is 0.221 e. The van der Waals surface area contributed by atoms with Gasteiger partial charge in [0, 0.05) is 32.8 Å². The highest BCUT2D eigenvalue weighted by molar-refractivity contribution is 6.10. The normalized spacial score (nSPS) is 11.8. The van der Waals surface area contributed by atoms with Crippen molar-refractivity contribution in [3.8, 4) is 39.9 Å². The average Bonchev–Trinajstić information content (AvgIpc) is 3.71. The summed E-state index contributed by atoms with van der Waals surface area (Å²) in [6, 6.07) is 54.2. The second-order valence-corrected chi connectivity index (χ2v) is 12.0. The molecule has 224 valence electrons. The molecule has 0 amide bonds. The summed E-state index contributed by atoms with van der Waals surface area (Å²) in [5.74, 6) is 1.50. The number of imidazole rings is 1. The molecule has 6 heteroatoms. The van der Waals surface area contributed by atoms with Crippen LogP contribution >= 0.6 is 0 Å². The van der Waals surface area contributed by atoms with Gasteiger partial charge >= 0.3 is 0 Å². The molecule has 0 saturated heterocycles. The van der Waals surface area contributed by atoms with E-state index < -0.39 is 0 Å². The highest BCUT2D eigenvalue weighted by atomic mass is 15.2. The van der Waals surface area contributed by atoms with Crippen molar-refractivity contribution in [1.82, 2.24) is 28.9 Å². The quantitative estimate of drug-likeness (QED) is 0.198. The number of hydrogen-bond acceptors (Lipinski definition) is 4. The molecule has 0 aliphatic heterocycles. The van der Waals surface area contributed by atoms with E-state index in [9.17, 15) is 0 Å². The molecule has 10 rings (SSSR count). The van der Waals surface area contributed by atoms with E-state index in [4.69, 9.17) is 19.9 Å². The number of aromatic nitrogens is 6. The third-order valence-electron chi connectivity index (χ3n) is 9.12. The maximum atomic E-state index is 5.30. The van der Waals surface area contributed by atoms with Crippen molar-refractivity contribution in [3.05, 3.63) is 158 Å². The van der Waals surface area contributed by atoms with Crippen LogP contribution in [-0.4, -0.2) is 28.9 Å². The van der Waals surface area contributed by atoms with Crippen LogP contribution < -0.4 is 0 Å². The SMILES string of the molecule is c1ccc(-c2cc(-c3ccc4c(c3)c3ccccc3n4-c3nc4ccccc4c4nc5ccccc5n34)nc(-c3ccccc3)n2)cc1. The van der Waals surface area contributed by atoms with Crippen LogP contribution in [0.5, 0.6) is 0 Å². The first-order chi connectivity index (χ1) is 23.8. The summed E-state index contributed by atoms with van der Waals surface area (Å²) in [7, 11) is 0. The molecule has 0 aliphatic rings. The summed E-state index contributed by atoms with van der Waals surface area (Å²) in [5, 5.41) is 3.28. The zero-order valence-electron chi connectivity index (χ0n) is 25.7. The Morgan fingerprint density at radius 3 is 1.77 bits per heavy atom. The first-order valence-corrected chi connectivity index (χ1v) is 16.0. The van der Waals surface area contributed by atoms with Gasteiger partial charge in [0.05, 0.1) is 39.0 Å². The van der Waals surface area contributed by atoms with Gasteiger partial charge in [-0.25, -0.2) is 19.9 Å². The van der Waals surface area contributed by atoms with E-state index in [1.165, 1.54) is 0 Å². The Bertz CT molecular complexity index is 2780. The van der Waals surface area contributed by atoms with Crippen molar-refractivity contribution in [2.24, 2.45) is 0 Å². The monoisotopic (exact) mass is 614 g/mol. The molecule has 0 aliphatic carbocycles. The lowest BCUT2D eigenvalue weighted by Crippen LogP contribution is -2.06. The number of para-hydroxylation sites is 4. The standard InChI is InChI=1S/C42H26N6/c1-3-13-27(14-4-1)35-26-36(44-40(43-35)28-15-5-2-6-16-28)29-23-24-38-32(25-29)30-17-8-11-21-37(30)47(38)42-46-33-19-9-7-18-31(33)41-45-34-20-10-12-22-39(34)48(41)42/h1-26H. The predicted octanol–water partition coefficient (Wildman–Crippen LogP) is 9.92. The number of nitrogens with zero attached hydrogens (tertiary/aromatic N) is 6. The van der Waals surface area contributed by atoms with Crippen LogP contribution in [0.1, 0.15) is 0 Å². The van der Waals surface area contributed by atoms with Gasteiger partial charge in [-0.3, -0.25) is 8.97 Å². The lowest BCUT2D eigenvalue weighted by Gasteiger charge is -2.13. The van der Waals surface area contributed by atoms with Crippen molar-refractivity contribution in [2.45, 2.75) is 0 Å². The zero-order valence-corrected chi connectivity index (χ0v) is 25.7. The molecule has 10 aromatic rings. The summed E-state index contributed by atoms with van der Waals surface area (Å²) in [6.07, 6.45) is 0. The minimum absolute atomic E-state index is 0.698. The van der Waals surface area contributed by atoms with Gasteiger partial charge in [-0.05, 0) is 48.5 Å². The van der Waals surface area contributed by atoms with Gasteiger partial charge in [0.25, 0.3) is 0 Å².